The smallest absolute Gasteiger partial charge is 0.414 e. The highest BCUT2D eigenvalue weighted by Gasteiger charge is 2.51. The van der Waals surface area contributed by atoms with Crippen LogP contribution in [0.1, 0.15) is 62.0 Å². The van der Waals surface area contributed by atoms with Crippen LogP contribution in [0.25, 0.3) is 11.1 Å². The molecule has 1 saturated carbocycles. The Morgan fingerprint density at radius 2 is 1.78 bits per heavy atom. The molecule has 188 valence electrons. The third kappa shape index (κ3) is 4.60. The van der Waals surface area contributed by atoms with E-state index in [1.807, 2.05) is 68.4 Å². The molecule has 3 heterocycles. The van der Waals surface area contributed by atoms with Gasteiger partial charge in [-0.25, -0.2) is 4.79 Å². The van der Waals surface area contributed by atoms with Crippen molar-refractivity contribution in [3.63, 3.8) is 0 Å². The molecular weight excluding hydrogens is 460 g/mol. The Kier molecular flexibility index (Phi) is 6.30. The van der Waals surface area contributed by atoms with Crippen LogP contribution in [-0.2, 0) is 19.9 Å². The zero-order valence-corrected chi connectivity index (χ0v) is 20.5. The maximum Gasteiger partial charge on any atom is 0.414 e. The average Bonchev–Trinajstić information content (AvgIpc) is 3.24. The fourth-order valence-electron chi connectivity index (χ4n) is 5.50. The van der Waals surface area contributed by atoms with Crippen molar-refractivity contribution in [3.05, 3.63) is 71.4 Å². The van der Waals surface area contributed by atoms with E-state index in [0.717, 1.165) is 42.4 Å². The second kappa shape index (κ2) is 9.43. The van der Waals surface area contributed by atoms with Crippen LogP contribution in [0.3, 0.4) is 0 Å². The molecule has 0 spiro atoms. The molecule has 2 aliphatic heterocycles. The number of benzene rings is 2. The van der Waals surface area contributed by atoms with E-state index < -0.39 is 18.2 Å². The number of nitrogens with one attached hydrogen (secondary N) is 1. The summed E-state index contributed by atoms with van der Waals surface area (Å²) in [4.78, 5) is 23.8. The number of aromatic nitrogens is 1. The maximum absolute atomic E-state index is 12.6. The van der Waals surface area contributed by atoms with Gasteiger partial charge >= 0.3 is 12.1 Å². The van der Waals surface area contributed by atoms with Gasteiger partial charge in [0.2, 0.25) is 5.88 Å². The largest absolute Gasteiger partial charge is 0.481 e. The van der Waals surface area contributed by atoms with E-state index in [0.29, 0.717) is 17.9 Å². The normalized spacial score (nSPS) is 23.7. The lowest BCUT2D eigenvalue weighted by Gasteiger charge is -2.53. The first-order chi connectivity index (χ1) is 17.3. The zero-order chi connectivity index (χ0) is 25.3. The number of anilines is 1. The van der Waals surface area contributed by atoms with Crippen molar-refractivity contribution in [1.82, 2.24) is 5.16 Å². The van der Waals surface area contributed by atoms with Crippen molar-refractivity contribution in [2.24, 2.45) is 5.41 Å². The van der Waals surface area contributed by atoms with Gasteiger partial charge in [-0.2, -0.15) is 0 Å². The van der Waals surface area contributed by atoms with Gasteiger partial charge in [-0.3, -0.25) is 10.1 Å². The van der Waals surface area contributed by atoms with Crippen molar-refractivity contribution >= 4 is 17.9 Å². The van der Waals surface area contributed by atoms with E-state index in [-0.39, 0.29) is 23.3 Å². The summed E-state index contributed by atoms with van der Waals surface area (Å²) in [5.41, 5.74) is 3.56. The predicted octanol–water partition coefficient (Wildman–Crippen LogP) is 6.22. The number of ether oxygens (including phenoxy) is 2. The van der Waals surface area contributed by atoms with Gasteiger partial charge in [0.1, 0.15) is 6.10 Å². The Labute approximate surface area is 209 Å². The second-order valence-electron chi connectivity index (χ2n) is 9.99. The summed E-state index contributed by atoms with van der Waals surface area (Å²) >= 11 is 0. The second-order valence-corrected chi connectivity index (χ2v) is 9.99. The molecule has 2 saturated heterocycles. The van der Waals surface area contributed by atoms with Gasteiger partial charge < -0.3 is 19.1 Å². The highest BCUT2D eigenvalue weighted by molar-refractivity contribution is 5.89. The Hall–Kier alpha value is -3.65. The molecule has 2 bridgehead atoms. The van der Waals surface area contributed by atoms with Gasteiger partial charge in [0.05, 0.1) is 29.9 Å². The van der Waals surface area contributed by atoms with Gasteiger partial charge in [0, 0.05) is 5.41 Å². The monoisotopic (exact) mass is 490 g/mol. The molecule has 3 aromatic rings. The lowest BCUT2D eigenvalue weighted by Crippen LogP contribution is -2.50. The van der Waals surface area contributed by atoms with Crippen LogP contribution >= 0.6 is 0 Å². The molecule has 6 rings (SSSR count). The molecule has 8 heteroatoms. The Morgan fingerprint density at radius 3 is 2.39 bits per heavy atom. The molecule has 0 radical (unpaired) electrons. The number of hydrogen-bond donors (Lipinski definition) is 2. The molecule has 1 amide bonds. The van der Waals surface area contributed by atoms with Crippen LogP contribution in [0, 0.1) is 12.3 Å². The standard InChI is InChI=1S/C28H30N2O6/c1-18-24(25(36-30-18)29-26(33)35-19(2)20-6-4-3-5-7-20)21-8-10-22(11-9-21)28-14-12-27(13-15-28,17-34-28)16-23(31)32/h3-11,19H,12-17H2,1-2H3,(H,29,33)(H,31,32). The highest BCUT2D eigenvalue weighted by atomic mass is 16.6. The van der Waals surface area contributed by atoms with Crippen LogP contribution in [0.4, 0.5) is 10.7 Å². The summed E-state index contributed by atoms with van der Waals surface area (Å²) in [7, 11) is 0. The molecular formula is C28H30N2O6. The third-order valence-electron chi connectivity index (χ3n) is 7.63. The van der Waals surface area contributed by atoms with E-state index in [1.165, 1.54) is 0 Å². The molecule has 2 aromatic carbocycles. The van der Waals surface area contributed by atoms with E-state index >= 15 is 0 Å². The Morgan fingerprint density at radius 1 is 1.08 bits per heavy atom. The topological polar surface area (TPSA) is 111 Å². The van der Waals surface area contributed by atoms with E-state index in [2.05, 4.69) is 10.5 Å². The van der Waals surface area contributed by atoms with Gasteiger partial charge in [0.25, 0.3) is 0 Å². The molecule has 36 heavy (non-hydrogen) atoms. The molecule has 3 aliphatic rings. The number of hydrogen-bond acceptors (Lipinski definition) is 6. The number of carbonyl (C=O) groups excluding carboxylic acids is 1. The van der Waals surface area contributed by atoms with Crippen molar-refractivity contribution in [2.45, 2.75) is 57.7 Å². The minimum Gasteiger partial charge on any atom is -0.481 e. The van der Waals surface area contributed by atoms with Crippen molar-refractivity contribution in [2.75, 3.05) is 11.9 Å². The summed E-state index contributed by atoms with van der Waals surface area (Å²) in [5.74, 6) is -0.530. The van der Waals surface area contributed by atoms with Crippen LogP contribution in [0.15, 0.2) is 59.1 Å². The van der Waals surface area contributed by atoms with Gasteiger partial charge in [-0.1, -0.05) is 59.8 Å². The van der Waals surface area contributed by atoms with Gasteiger partial charge in [0.15, 0.2) is 0 Å². The average molecular weight is 491 g/mol. The van der Waals surface area contributed by atoms with Crippen molar-refractivity contribution < 1.29 is 28.7 Å². The summed E-state index contributed by atoms with van der Waals surface area (Å²) < 4.78 is 17.2. The first-order valence-electron chi connectivity index (χ1n) is 12.2. The quantitative estimate of drug-likeness (QED) is 0.404. The molecule has 8 nitrogen and oxygen atoms in total. The molecule has 1 aromatic heterocycles. The SMILES string of the molecule is Cc1noc(NC(=O)OC(C)c2ccccc2)c1-c1ccc(C23CCC(CC(=O)O)(CC2)CO3)cc1. The minimum atomic E-state index is -0.760. The number of aryl methyl sites for hydroxylation is 1. The summed E-state index contributed by atoms with van der Waals surface area (Å²) in [5, 5.41) is 16.0. The third-order valence-corrected chi connectivity index (χ3v) is 7.63. The van der Waals surface area contributed by atoms with Gasteiger partial charge in [-0.05, 0) is 56.2 Å². The summed E-state index contributed by atoms with van der Waals surface area (Å²) in [6, 6.07) is 17.5. The predicted molar refractivity (Wildman–Crippen MR) is 132 cm³/mol. The lowest BCUT2D eigenvalue weighted by atomic mass is 9.63. The van der Waals surface area contributed by atoms with Crippen LogP contribution in [0.5, 0.6) is 0 Å². The number of carbonyl (C=O) groups is 2. The maximum atomic E-state index is 12.6. The number of carboxylic acids is 1. The number of rotatable bonds is 7. The van der Waals surface area contributed by atoms with Crippen molar-refractivity contribution in [1.29, 1.82) is 0 Å². The van der Waals surface area contributed by atoms with E-state index in [4.69, 9.17) is 14.0 Å². The minimum absolute atomic E-state index is 0.164. The Balaban J connectivity index is 1.29. The molecule has 1 aliphatic carbocycles. The molecule has 1 unspecified atom stereocenters. The Bertz CT molecular complexity index is 1230. The number of fused-ring (bicyclic) bond motifs is 3. The highest BCUT2D eigenvalue weighted by Crippen LogP contribution is 2.55. The van der Waals surface area contributed by atoms with Gasteiger partial charge in [-0.15, -0.1) is 0 Å². The first kappa shape index (κ1) is 24.1. The fraction of sp³-hybridized carbons (Fsp3) is 0.393. The number of aliphatic carboxylic acids is 1. The number of carboxylic acid groups (broad SMARTS) is 1. The number of nitrogens with zero attached hydrogens (tertiary/aromatic N) is 1. The van der Waals surface area contributed by atoms with E-state index in [9.17, 15) is 14.7 Å². The van der Waals surface area contributed by atoms with Crippen LogP contribution in [0.2, 0.25) is 0 Å². The molecule has 1 atom stereocenters. The first-order valence-corrected chi connectivity index (χ1v) is 12.2. The lowest BCUT2D eigenvalue weighted by molar-refractivity contribution is -0.195. The summed E-state index contributed by atoms with van der Waals surface area (Å²) in [6.07, 6.45) is 2.44. The number of amides is 1. The van der Waals surface area contributed by atoms with Crippen LogP contribution < -0.4 is 5.32 Å². The molecule has 3 fully saturated rings. The fourth-order valence-corrected chi connectivity index (χ4v) is 5.50. The zero-order valence-electron chi connectivity index (χ0n) is 20.5. The van der Waals surface area contributed by atoms with Crippen molar-refractivity contribution in [3.8, 4) is 11.1 Å². The molecule has 2 N–H and O–H groups in total. The summed E-state index contributed by atoms with van der Waals surface area (Å²) in [6.45, 7) is 4.11. The van der Waals surface area contributed by atoms with Crippen LogP contribution in [-0.4, -0.2) is 28.9 Å². The van der Waals surface area contributed by atoms with E-state index in [1.54, 1.807) is 0 Å².